The van der Waals surface area contributed by atoms with E-state index < -0.39 is 26.9 Å². The molecule has 0 aliphatic carbocycles. The van der Waals surface area contributed by atoms with Crippen LogP contribution in [0.3, 0.4) is 0 Å². The third kappa shape index (κ3) is 5.28. The summed E-state index contributed by atoms with van der Waals surface area (Å²) in [5.41, 5.74) is 11.7. The predicted molar refractivity (Wildman–Crippen MR) is 154 cm³/mol. The first kappa shape index (κ1) is 27.6. The lowest BCUT2D eigenvalue weighted by molar-refractivity contribution is -0.323. The monoisotopic (exact) mass is 543 g/mol. The van der Waals surface area contributed by atoms with Crippen LogP contribution in [0, 0.1) is 12.8 Å². The molecule has 3 unspecified atom stereocenters. The molecule has 7 nitrogen and oxygen atoms in total. The Bertz CT molecular complexity index is 1250. The second-order valence-corrected chi connectivity index (χ2v) is 15.8. The van der Waals surface area contributed by atoms with E-state index in [1.807, 2.05) is 36.4 Å². The van der Waals surface area contributed by atoms with Crippen LogP contribution in [0.1, 0.15) is 45.1 Å². The third-order valence-corrected chi connectivity index (χ3v) is 12.9. The van der Waals surface area contributed by atoms with Crippen molar-refractivity contribution in [3.05, 3.63) is 106 Å². The minimum absolute atomic E-state index is 0.153. The van der Waals surface area contributed by atoms with Gasteiger partial charge in [0.1, 0.15) is 6.10 Å². The van der Waals surface area contributed by atoms with E-state index in [1.165, 1.54) is 5.56 Å². The first-order valence-corrected chi connectivity index (χ1v) is 15.5. The number of hydrogen-bond acceptors (Lipinski definition) is 5. The minimum atomic E-state index is -2.96. The summed E-state index contributed by atoms with van der Waals surface area (Å²) in [6, 6.07) is 28.4. The van der Waals surface area contributed by atoms with Gasteiger partial charge >= 0.3 is 0 Å². The highest BCUT2D eigenvalue weighted by molar-refractivity contribution is 6.99. The molecule has 8 heteroatoms. The number of hydrogen-bond donors (Lipinski definition) is 0. The Balaban J connectivity index is 1.51. The summed E-state index contributed by atoms with van der Waals surface area (Å²) in [5, 5.41) is 6.25. The van der Waals surface area contributed by atoms with Gasteiger partial charge in [-0.3, -0.25) is 0 Å². The van der Waals surface area contributed by atoms with E-state index in [0.29, 0.717) is 6.61 Å². The van der Waals surface area contributed by atoms with E-state index >= 15 is 0 Å². The zero-order chi connectivity index (χ0) is 27.6. The van der Waals surface area contributed by atoms with Crippen molar-refractivity contribution in [1.82, 2.24) is 0 Å². The Labute approximate surface area is 231 Å². The first-order chi connectivity index (χ1) is 18.7. The molecule has 0 aromatic heterocycles. The Morgan fingerprint density at radius 2 is 1.49 bits per heavy atom. The summed E-state index contributed by atoms with van der Waals surface area (Å²) in [7, 11) is -2.96. The van der Waals surface area contributed by atoms with Gasteiger partial charge in [-0.25, -0.2) is 0 Å². The van der Waals surface area contributed by atoms with E-state index in [0.717, 1.165) is 15.9 Å². The maximum absolute atomic E-state index is 9.59. The van der Waals surface area contributed by atoms with Gasteiger partial charge in [0, 0.05) is 10.5 Å². The summed E-state index contributed by atoms with van der Waals surface area (Å²) in [6.45, 7) is 11.1. The van der Waals surface area contributed by atoms with Crippen molar-refractivity contribution in [3.8, 4) is 0 Å². The van der Waals surface area contributed by atoms with Crippen molar-refractivity contribution >= 4 is 18.7 Å². The lowest BCUT2D eigenvalue weighted by Gasteiger charge is -2.51. The zero-order valence-electron chi connectivity index (χ0n) is 23.2. The van der Waals surface area contributed by atoms with E-state index in [9.17, 15) is 5.53 Å². The molecule has 2 aliphatic rings. The molecule has 2 fully saturated rings. The van der Waals surface area contributed by atoms with E-state index in [1.54, 1.807) is 0 Å². The fourth-order valence-corrected chi connectivity index (χ4v) is 10.5. The highest BCUT2D eigenvalue weighted by Crippen LogP contribution is 2.43. The van der Waals surface area contributed by atoms with Crippen LogP contribution in [-0.2, 0) is 18.6 Å². The summed E-state index contributed by atoms with van der Waals surface area (Å²) in [4.78, 5) is 3.22. The van der Waals surface area contributed by atoms with Gasteiger partial charge in [-0.1, -0.05) is 123 Å². The molecular weight excluding hydrogens is 506 g/mol. The Morgan fingerprint density at radius 3 is 2.03 bits per heavy atom. The molecule has 0 N–H and O–H groups in total. The summed E-state index contributed by atoms with van der Waals surface area (Å²) in [6.07, 6.45) is -1.92. The molecule has 204 valence electrons. The van der Waals surface area contributed by atoms with Crippen molar-refractivity contribution in [2.45, 2.75) is 70.5 Å². The van der Waals surface area contributed by atoms with Gasteiger partial charge in [0.2, 0.25) is 0 Å². The lowest BCUT2D eigenvalue weighted by atomic mass is 9.88. The summed E-state index contributed by atoms with van der Waals surface area (Å²) >= 11 is 0. The van der Waals surface area contributed by atoms with Crippen molar-refractivity contribution in [3.63, 3.8) is 0 Å². The van der Waals surface area contributed by atoms with Crippen molar-refractivity contribution in [2.75, 3.05) is 6.61 Å². The van der Waals surface area contributed by atoms with Crippen LogP contribution >= 0.6 is 0 Å². The van der Waals surface area contributed by atoms with Crippen LogP contribution in [0.25, 0.3) is 10.4 Å². The van der Waals surface area contributed by atoms with Crippen molar-refractivity contribution < 1.29 is 18.6 Å². The van der Waals surface area contributed by atoms with Crippen LogP contribution in [-0.4, -0.2) is 39.5 Å². The Morgan fingerprint density at radius 1 is 0.897 bits per heavy atom. The van der Waals surface area contributed by atoms with Gasteiger partial charge < -0.3 is 18.6 Å². The zero-order valence-corrected chi connectivity index (χ0v) is 24.2. The maximum Gasteiger partial charge on any atom is 0.264 e. The maximum atomic E-state index is 9.59. The second kappa shape index (κ2) is 11.3. The fraction of sp³-hybridized carbons (Fsp3) is 0.419. The molecular formula is C31H37N3O4Si. The van der Waals surface area contributed by atoms with Crippen LogP contribution in [0.5, 0.6) is 0 Å². The minimum Gasteiger partial charge on any atom is -0.382 e. The van der Waals surface area contributed by atoms with E-state index in [2.05, 4.69) is 93.2 Å². The second-order valence-electron chi connectivity index (χ2n) is 11.6. The first-order valence-electron chi connectivity index (χ1n) is 13.6. The Kier molecular flexibility index (Phi) is 7.96. The fourth-order valence-electron chi connectivity index (χ4n) is 5.90. The van der Waals surface area contributed by atoms with Crippen LogP contribution in [0.15, 0.2) is 90.0 Å². The molecule has 0 spiro atoms. The molecule has 0 radical (unpaired) electrons. The van der Waals surface area contributed by atoms with Crippen LogP contribution in [0.2, 0.25) is 5.04 Å². The van der Waals surface area contributed by atoms with Gasteiger partial charge in [0.15, 0.2) is 12.6 Å². The summed E-state index contributed by atoms with van der Waals surface area (Å²) < 4.78 is 26.5. The average Bonchev–Trinajstić information content (AvgIpc) is 2.94. The van der Waals surface area contributed by atoms with Gasteiger partial charge in [-0.05, 0) is 33.8 Å². The van der Waals surface area contributed by atoms with E-state index in [-0.39, 0.29) is 23.2 Å². The smallest absolute Gasteiger partial charge is 0.264 e. The lowest BCUT2D eigenvalue weighted by Crippen LogP contribution is -2.70. The molecule has 39 heavy (non-hydrogen) atoms. The van der Waals surface area contributed by atoms with Gasteiger partial charge in [0.05, 0.1) is 18.8 Å². The molecule has 5 rings (SSSR count). The topological polar surface area (TPSA) is 85.7 Å². The predicted octanol–water partition coefficient (Wildman–Crippen LogP) is 6.03. The summed E-state index contributed by atoms with van der Waals surface area (Å²) in [5.74, 6) is -0.153. The Hall–Kier alpha value is -2.97. The largest absolute Gasteiger partial charge is 0.382 e. The van der Waals surface area contributed by atoms with Gasteiger partial charge in [0.25, 0.3) is 8.32 Å². The third-order valence-electron chi connectivity index (χ3n) is 7.95. The number of nitrogens with zero attached hydrogens (tertiary/aromatic N) is 3. The number of azide groups is 1. The quantitative estimate of drug-likeness (QED) is 0.165. The van der Waals surface area contributed by atoms with E-state index in [4.69, 9.17) is 18.6 Å². The van der Waals surface area contributed by atoms with Crippen LogP contribution < -0.4 is 10.4 Å². The molecule has 0 bridgehead atoms. The highest BCUT2D eigenvalue weighted by Gasteiger charge is 2.56. The highest BCUT2D eigenvalue weighted by atomic mass is 28.4. The van der Waals surface area contributed by atoms with Crippen molar-refractivity contribution in [2.24, 2.45) is 11.0 Å². The standard InChI is InChI=1S/C31H37N3O4Si/c1-21-16-18-23(19-17-21)29-35-20-26-28(37-29)22(2)27(33-34-32)30(36-26)38-39(31(3,4)5,24-12-8-6-9-13-24)25-14-10-7-11-15-25/h6-19,22,26-30H,20H2,1-5H3/t22-,26?,27?,28+,29?,30+/m1/s1. The molecule has 0 saturated carbocycles. The molecule has 2 aliphatic heterocycles. The number of ether oxygens (including phenoxy) is 3. The number of rotatable bonds is 6. The molecule has 3 aromatic carbocycles. The molecule has 2 heterocycles. The number of fused-ring (bicyclic) bond motifs is 1. The molecule has 6 atom stereocenters. The SMILES string of the molecule is Cc1ccc(C2OCC3O[C@@H](O[Si](c4ccccc4)(c4ccccc4)C(C)(C)C)C(N=[N+]=[N-])[C@@H](C)[C@@H]3O2)cc1. The average molecular weight is 544 g/mol. The molecule has 2 saturated heterocycles. The normalized spacial score (nSPS) is 27.3. The number of aryl methyl sites for hydroxylation is 1. The molecule has 0 amide bonds. The van der Waals surface area contributed by atoms with Gasteiger partial charge in [-0.2, -0.15) is 0 Å². The van der Waals surface area contributed by atoms with Gasteiger partial charge in [-0.15, -0.1) is 0 Å². The number of benzene rings is 3. The van der Waals surface area contributed by atoms with Crippen LogP contribution in [0.4, 0.5) is 0 Å². The van der Waals surface area contributed by atoms with Crippen molar-refractivity contribution in [1.29, 1.82) is 0 Å². The molecule has 3 aromatic rings.